The summed E-state index contributed by atoms with van der Waals surface area (Å²) in [6, 6.07) is 16.4. The van der Waals surface area contributed by atoms with Crippen molar-refractivity contribution in [2.24, 2.45) is 0 Å². The smallest absolute Gasteiger partial charge is 0.342 e. The molecule has 0 saturated carbocycles. The summed E-state index contributed by atoms with van der Waals surface area (Å²) in [5, 5.41) is 19.8. The summed E-state index contributed by atoms with van der Waals surface area (Å²) >= 11 is 0.831. The van der Waals surface area contributed by atoms with Crippen molar-refractivity contribution in [1.29, 1.82) is 0 Å². The number of hydrogen-bond acceptors (Lipinski definition) is 8. The van der Waals surface area contributed by atoms with Gasteiger partial charge in [0.25, 0.3) is 5.22 Å². The van der Waals surface area contributed by atoms with Gasteiger partial charge < -0.3 is 23.7 Å². The van der Waals surface area contributed by atoms with Gasteiger partial charge in [0, 0.05) is 17.2 Å². The minimum atomic E-state index is -1.16. The molecule has 0 radical (unpaired) electrons. The van der Waals surface area contributed by atoms with E-state index in [4.69, 9.17) is 25.1 Å². The summed E-state index contributed by atoms with van der Waals surface area (Å²) in [6.07, 6.45) is 6.86. The predicted molar refractivity (Wildman–Crippen MR) is 133 cm³/mol. The molecule has 0 atom stereocenters. The number of ether oxygens (including phenoxy) is 3. The van der Waals surface area contributed by atoms with Crippen LogP contribution in [0.4, 0.5) is 0 Å². The van der Waals surface area contributed by atoms with Crippen LogP contribution >= 0.6 is 11.8 Å². The normalized spacial score (nSPS) is 11.2. The number of methoxy groups -OCH3 is 2. The van der Waals surface area contributed by atoms with Crippen LogP contribution < -0.4 is 14.2 Å². The average molecular weight is 489 g/mol. The Hall–Kier alpha value is -4.42. The number of carboxylic acids is 1. The number of aromatic nitrogens is 2. The molecule has 1 N–H and O–H groups in total. The molecule has 0 bridgehead atoms. The Morgan fingerprint density at radius 2 is 1.86 bits per heavy atom. The van der Waals surface area contributed by atoms with Crippen LogP contribution in [0.15, 0.2) is 69.1 Å². The van der Waals surface area contributed by atoms with E-state index in [1.807, 2.05) is 30.3 Å². The van der Waals surface area contributed by atoms with Gasteiger partial charge in [-0.3, -0.25) is 0 Å². The zero-order chi connectivity index (χ0) is 24.8. The molecule has 0 spiro atoms. The van der Waals surface area contributed by atoms with Gasteiger partial charge in [0.15, 0.2) is 0 Å². The van der Waals surface area contributed by atoms with E-state index in [9.17, 15) is 9.90 Å². The molecule has 176 valence electrons. The lowest BCUT2D eigenvalue weighted by molar-refractivity contribution is -0.131. The molecule has 0 fully saturated rings. The fourth-order valence-electron chi connectivity index (χ4n) is 3.33. The molecular weight excluding hydrogens is 468 g/mol. The van der Waals surface area contributed by atoms with Crippen LogP contribution in [-0.2, 0) is 4.79 Å². The van der Waals surface area contributed by atoms with Gasteiger partial charge in [0.05, 0.1) is 14.2 Å². The quantitative estimate of drug-likeness (QED) is 0.195. The first-order valence-electron chi connectivity index (χ1n) is 10.3. The molecule has 4 rings (SSSR count). The molecule has 1 heterocycles. The standard InChI is InChI=1S/C26H20N2O6S/c1-4-11-33-22-10-9-16-7-5-6-8-20(16)21(22)15-23(25(29)30)35-26-28-27-24(34-26)17-12-18(31-2)14-19(13-17)32-3/h1,5-10,12-15H,11H2,2-3H3,(H,29,30)/b23-15-. The first-order chi connectivity index (χ1) is 17.0. The summed E-state index contributed by atoms with van der Waals surface area (Å²) in [4.78, 5) is 12.1. The highest BCUT2D eigenvalue weighted by Crippen LogP contribution is 2.36. The van der Waals surface area contributed by atoms with E-state index >= 15 is 0 Å². The molecule has 0 aliphatic heterocycles. The van der Waals surface area contributed by atoms with E-state index < -0.39 is 5.97 Å². The second-order valence-electron chi connectivity index (χ2n) is 7.08. The van der Waals surface area contributed by atoms with E-state index in [0.717, 1.165) is 22.5 Å². The van der Waals surface area contributed by atoms with Crippen LogP contribution in [0.25, 0.3) is 28.3 Å². The highest BCUT2D eigenvalue weighted by atomic mass is 32.2. The van der Waals surface area contributed by atoms with E-state index in [1.54, 1.807) is 24.3 Å². The number of carbonyl (C=O) groups is 1. The minimum Gasteiger partial charge on any atom is -0.497 e. The third-order valence-electron chi connectivity index (χ3n) is 4.93. The van der Waals surface area contributed by atoms with Crippen molar-refractivity contribution in [2.45, 2.75) is 5.22 Å². The van der Waals surface area contributed by atoms with Gasteiger partial charge in [0.2, 0.25) is 5.89 Å². The first-order valence-corrected chi connectivity index (χ1v) is 11.1. The van der Waals surface area contributed by atoms with Crippen molar-refractivity contribution < 1.29 is 28.5 Å². The largest absolute Gasteiger partial charge is 0.497 e. The van der Waals surface area contributed by atoms with Crippen molar-refractivity contribution in [1.82, 2.24) is 10.2 Å². The van der Waals surface area contributed by atoms with Gasteiger partial charge in [-0.05, 0) is 46.8 Å². The number of hydrogen-bond donors (Lipinski definition) is 1. The van der Waals surface area contributed by atoms with Crippen LogP contribution in [-0.4, -0.2) is 42.1 Å². The third-order valence-corrected chi connectivity index (χ3v) is 5.78. The maximum absolute atomic E-state index is 12.1. The van der Waals surface area contributed by atoms with E-state index in [1.165, 1.54) is 20.3 Å². The number of terminal acetylenes is 1. The number of benzene rings is 3. The molecule has 0 aliphatic carbocycles. The fourth-order valence-corrected chi connectivity index (χ4v) is 3.98. The lowest BCUT2D eigenvalue weighted by Gasteiger charge is -2.11. The van der Waals surface area contributed by atoms with Crippen molar-refractivity contribution in [3.63, 3.8) is 0 Å². The number of carboxylic acid groups (broad SMARTS) is 1. The SMILES string of the molecule is C#CCOc1ccc2ccccc2c1/C=C(\Sc1nnc(-c2cc(OC)cc(OC)c2)o1)C(=O)O. The minimum absolute atomic E-state index is 0.0367. The van der Waals surface area contributed by atoms with Gasteiger partial charge in [-0.2, -0.15) is 0 Å². The van der Waals surface area contributed by atoms with Crippen LogP contribution in [0.1, 0.15) is 5.56 Å². The molecule has 0 amide bonds. The van der Waals surface area contributed by atoms with Gasteiger partial charge in [-0.15, -0.1) is 16.6 Å². The molecule has 0 saturated heterocycles. The number of rotatable bonds is 9. The van der Waals surface area contributed by atoms with Crippen LogP contribution in [0.3, 0.4) is 0 Å². The van der Waals surface area contributed by atoms with E-state index in [-0.39, 0.29) is 22.6 Å². The Kier molecular flexibility index (Phi) is 7.24. The Labute approximate surface area is 205 Å². The van der Waals surface area contributed by atoms with Crippen LogP contribution in [0.2, 0.25) is 0 Å². The fraction of sp³-hybridized carbons (Fsp3) is 0.115. The molecule has 0 unspecified atom stereocenters. The zero-order valence-electron chi connectivity index (χ0n) is 18.8. The summed E-state index contributed by atoms with van der Waals surface area (Å²) in [7, 11) is 3.07. The van der Waals surface area contributed by atoms with E-state index in [2.05, 4.69) is 16.1 Å². The summed E-state index contributed by atoms with van der Waals surface area (Å²) in [5.74, 6) is 3.03. The van der Waals surface area contributed by atoms with E-state index in [0.29, 0.717) is 28.4 Å². The van der Waals surface area contributed by atoms with Crippen molar-refractivity contribution in [3.8, 4) is 41.0 Å². The zero-order valence-corrected chi connectivity index (χ0v) is 19.7. The van der Waals surface area contributed by atoms with Crippen molar-refractivity contribution in [2.75, 3.05) is 20.8 Å². The number of thioether (sulfide) groups is 1. The summed E-state index contributed by atoms with van der Waals surface area (Å²) in [6.45, 7) is 0.0474. The second kappa shape index (κ2) is 10.7. The Morgan fingerprint density at radius 3 is 2.54 bits per heavy atom. The Bertz CT molecular complexity index is 1430. The number of aliphatic carboxylic acids is 1. The highest BCUT2D eigenvalue weighted by molar-refractivity contribution is 8.03. The molecular formula is C26H20N2O6S. The Balaban J connectivity index is 1.71. The maximum Gasteiger partial charge on any atom is 0.342 e. The first kappa shape index (κ1) is 23.7. The lowest BCUT2D eigenvalue weighted by atomic mass is 10.0. The second-order valence-corrected chi connectivity index (χ2v) is 8.07. The Morgan fingerprint density at radius 1 is 1.11 bits per heavy atom. The molecule has 4 aromatic rings. The average Bonchev–Trinajstić information content (AvgIpc) is 3.36. The molecule has 3 aromatic carbocycles. The van der Waals surface area contributed by atoms with Gasteiger partial charge in [-0.25, -0.2) is 4.79 Å². The number of fused-ring (bicyclic) bond motifs is 1. The van der Waals surface area contributed by atoms with Crippen LogP contribution in [0.5, 0.6) is 17.2 Å². The number of nitrogens with zero attached hydrogens (tertiary/aromatic N) is 2. The van der Waals surface area contributed by atoms with Gasteiger partial charge in [0.1, 0.15) is 28.8 Å². The summed E-state index contributed by atoms with van der Waals surface area (Å²) in [5.41, 5.74) is 1.15. The van der Waals surface area contributed by atoms with Crippen molar-refractivity contribution in [3.05, 3.63) is 65.1 Å². The van der Waals surface area contributed by atoms with Crippen LogP contribution in [0, 0.1) is 12.3 Å². The molecule has 0 aliphatic rings. The van der Waals surface area contributed by atoms with Crippen molar-refractivity contribution >= 4 is 34.6 Å². The monoisotopic (exact) mass is 488 g/mol. The highest BCUT2D eigenvalue weighted by Gasteiger charge is 2.19. The predicted octanol–water partition coefficient (Wildman–Crippen LogP) is 5.14. The van der Waals surface area contributed by atoms with Gasteiger partial charge in [-0.1, -0.05) is 36.3 Å². The molecule has 9 heteroatoms. The molecule has 8 nitrogen and oxygen atoms in total. The van der Waals surface area contributed by atoms with Gasteiger partial charge >= 0.3 is 5.97 Å². The topological polar surface area (TPSA) is 104 Å². The molecule has 1 aromatic heterocycles. The summed E-state index contributed by atoms with van der Waals surface area (Å²) < 4.78 is 22.0. The molecule has 35 heavy (non-hydrogen) atoms. The maximum atomic E-state index is 12.1. The lowest BCUT2D eigenvalue weighted by Crippen LogP contribution is -2.00. The third kappa shape index (κ3) is 5.39.